The molecule has 1 aromatic carbocycles. The number of hydrogen-bond donors (Lipinski definition) is 1. The van der Waals surface area contributed by atoms with Gasteiger partial charge in [0.15, 0.2) is 0 Å². The van der Waals surface area contributed by atoms with Gasteiger partial charge in [-0.25, -0.2) is 0 Å². The van der Waals surface area contributed by atoms with Crippen LogP contribution < -0.4 is 0 Å². The van der Waals surface area contributed by atoms with Crippen LogP contribution in [0.4, 0.5) is 0 Å². The van der Waals surface area contributed by atoms with Gasteiger partial charge >= 0.3 is 0 Å². The monoisotopic (exact) mass is 178 g/mol. The van der Waals surface area contributed by atoms with Crippen molar-refractivity contribution in [2.24, 2.45) is 5.92 Å². The lowest BCUT2D eigenvalue weighted by atomic mass is 9.92. The zero-order valence-corrected chi connectivity index (χ0v) is 8.40. The van der Waals surface area contributed by atoms with E-state index in [1.54, 1.807) is 0 Å². The third kappa shape index (κ3) is 3.19. The van der Waals surface area contributed by atoms with Crippen LogP contribution in [0.25, 0.3) is 0 Å². The molecule has 13 heavy (non-hydrogen) atoms. The minimum atomic E-state index is 0.289. The Balaban J connectivity index is 2.53. The van der Waals surface area contributed by atoms with Crippen molar-refractivity contribution in [2.45, 2.75) is 26.2 Å². The molecule has 0 aliphatic heterocycles. The van der Waals surface area contributed by atoms with E-state index < -0.39 is 0 Å². The summed E-state index contributed by atoms with van der Waals surface area (Å²) < 4.78 is 0. The summed E-state index contributed by atoms with van der Waals surface area (Å²) in [5, 5.41) is 8.93. The van der Waals surface area contributed by atoms with E-state index in [9.17, 15) is 0 Å². The van der Waals surface area contributed by atoms with Crippen molar-refractivity contribution >= 4 is 0 Å². The Morgan fingerprint density at radius 2 is 1.77 bits per heavy atom. The fourth-order valence-electron chi connectivity index (χ4n) is 1.60. The summed E-state index contributed by atoms with van der Waals surface area (Å²) in [7, 11) is 0. The predicted octanol–water partition coefficient (Wildman–Crippen LogP) is 2.81. The maximum absolute atomic E-state index is 8.93. The van der Waals surface area contributed by atoms with Gasteiger partial charge in [-0.15, -0.1) is 0 Å². The van der Waals surface area contributed by atoms with Crippen molar-refractivity contribution in [3.63, 3.8) is 0 Å². The zero-order chi connectivity index (χ0) is 9.68. The summed E-state index contributed by atoms with van der Waals surface area (Å²) >= 11 is 0. The molecule has 0 aliphatic carbocycles. The largest absolute Gasteiger partial charge is 0.396 e. The van der Waals surface area contributed by atoms with E-state index in [2.05, 4.69) is 38.1 Å². The summed E-state index contributed by atoms with van der Waals surface area (Å²) in [4.78, 5) is 0. The molecule has 0 aliphatic rings. The number of aliphatic hydroxyl groups is 1. The summed E-state index contributed by atoms with van der Waals surface area (Å²) in [5.41, 5.74) is 1.36. The third-order valence-electron chi connectivity index (χ3n) is 2.44. The lowest BCUT2D eigenvalue weighted by molar-refractivity contribution is 0.225. The molecule has 0 radical (unpaired) electrons. The molecule has 1 aromatic rings. The van der Waals surface area contributed by atoms with E-state index in [0.29, 0.717) is 11.8 Å². The lowest BCUT2D eigenvalue weighted by Crippen LogP contribution is -2.05. The van der Waals surface area contributed by atoms with Crippen LogP contribution in [0.1, 0.15) is 31.7 Å². The molecule has 0 spiro atoms. The first kappa shape index (κ1) is 10.3. The van der Waals surface area contributed by atoms with Gasteiger partial charge in [-0.2, -0.15) is 0 Å². The van der Waals surface area contributed by atoms with E-state index >= 15 is 0 Å². The lowest BCUT2D eigenvalue weighted by Gasteiger charge is -2.15. The molecule has 1 nitrogen and oxygen atoms in total. The standard InChI is InChI=1S/C12H18O/c1-10(9-13)8-11(2)12-6-4-3-5-7-12/h3-7,10-11,13H,8-9H2,1-2H3/t10-,11-/m0/s1. The van der Waals surface area contributed by atoms with Gasteiger partial charge in [0.25, 0.3) is 0 Å². The Bertz CT molecular complexity index is 230. The van der Waals surface area contributed by atoms with Crippen LogP contribution in [-0.2, 0) is 0 Å². The molecule has 0 heterocycles. The second-order valence-corrected chi connectivity index (χ2v) is 3.84. The van der Waals surface area contributed by atoms with Gasteiger partial charge in [0.1, 0.15) is 0 Å². The zero-order valence-electron chi connectivity index (χ0n) is 8.40. The molecule has 0 aromatic heterocycles. The molecular weight excluding hydrogens is 160 g/mol. The number of rotatable bonds is 4. The first-order valence-corrected chi connectivity index (χ1v) is 4.90. The highest BCUT2D eigenvalue weighted by atomic mass is 16.3. The average molecular weight is 178 g/mol. The molecule has 72 valence electrons. The molecule has 0 fully saturated rings. The van der Waals surface area contributed by atoms with Crippen LogP contribution in [0.2, 0.25) is 0 Å². The van der Waals surface area contributed by atoms with E-state index in [1.807, 2.05) is 6.07 Å². The Morgan fingerprint density at radius 3 is 2.31 bits per heavy atom. The average Bonchev–Trinajstić information content (AvgIpc) is 2.19. The van der Waals surface area contributed by atoms with Crippen LogP contribution in [0.3, 0.4) is 0 Å². The number of benzene rings is 1. The molecular formula is C12H18O. The normalized spacial score (nSPS) is 15.3. The van der Waals surface area contributed by atoms with Crippen molar-refractivity contribution in [3.8, 4) is 0 Å². The van der Waals surface area contributed by atoms with Crippen LogP contribution in [0, 0.1) is 5.92 Å². The highest BCUT2D eigenvalue weighted by Crippen LogP contribution is 2.22. The van der Waals surface area contributed by atoms with Gasteiger partial charge < -0.3 is 5.11 Å². The van der Waals surface area contributed by atoms with E-state index in [0.717, 1.165) is 6.42 Å². The summed E-state index contributed by atoms with van der Waals surface area (Å²) in [6.45, 7) is 4.58. The van der Waals surface area contributed by atoms with Gasteiger partial charge in [0.05, 0.1) is 0 Å². The summed E-state index contributed by atoms with van der Waals surface area (Å²) in [6, 6.07) is 10.5. The van der Waals surface area contributed by atoms with Gasteiger partial charge in [-0.3, -0.25) is 0 Å². The Hall–Kier alpha value is -0.820. The molecule has 1 N–H and O–H groups in total. The van der Waals surface area contributed by atoms with Crippen LogP contribution in [-0.4, -0.2) is 11.7 Å². The fraction of sp³-hybridized carbons (Fsp3) is 0.500. The first-order valence-electron chi connectivity index (χ1n) is 4.90. The predicted molar refractivity (Wildman–Crippen MR) is 55.7 cm³/mol. The maximum Gasteiger partial charge on any atom is 0.0456 e. The van der Waals surface area contributed by atoms with Gasteiger partial charge in [0.2, 0.25) is 0 Å². The fourth-order valence-corrected chi connectivity index (χ4v) is 1.60. The molecule has 0 saturated carbocycles. The molecule has 0 amide bonds. The Morgan fingerprint density at radius 1 is 1.15 bits per heavy atom. The SMILES string of the molecule is C[C@H](CO)C[C@H](C)c1ccccc1. The second-order valence-electron chi connectivity index (χ2n) is 3.84. The number of aliphatic hydroxyl groups excluding tert-OH is 1. The molecule has 0 bridgehead atoms. The van der Waals surface area contributed by atoms with Crippen molar-refractivity contribution in [3.05, 3.63) is 35.9 Å². The molecule has 0 unspecified atom stereocenters. The minimum absolute atomic E-state index is 0.289. The highest BCUT2D eigenvalue weighted by molar-refractivity contribution is 5.18. The number of hydrogen-bond acceptors (Lipinski definition) is 1. The third-order valence-corrected chi connectivity index (χ3v) is 2.44. The molecule has 1 rings (SSSR count). The Kier molecular flexibility index (Phi) is 3.97. The van der Waals surface area contributed by atoms with Gasteiger partial charge in [-0.05, 0) is 23.8 Å². The topological polar surface area (TPSA) is 20.2 Å². The summed E-state index contributed by atoms with van der Waals surface area (Å²) in [5.74, 6) is 0.943. The van der Waals surface area contributed by atoms with E-state index in [4.69, 9.17) is 5.11 Å². The van der Waals surface area contributed by atoms with Crippen LogP contribution >= 0.6 is 0 Å². The maximum atomic E-state index is 8.93. The summed E-state index contributed by atoms with van der Waals surface area (Å²) in [6.07, 6.45) is 1.06. The van der Waals surface area contributed by atoms with Crippen LogP contribution in [0.15, 0.2) is 30.3 Å². The van der Waals surface area contributed by atoms with Crippen molar-refractivity contribution < 1.29 is 5.11 Å². The highest BCUT2D eigenvalue weighted by Gasteiger charge is 2.08. The van der Waals surface area contributed by atoms with E-state index in [-0.39, 0.29) is 6.61 Å². The quantitative estimate of drug-likeness (QED) is 0.751. The van der Waals surface area contributed by atoms with Crippen molar-refractivity contribution in [1.82, 2.24) is 0 Å². The van der Waals surface area contributed by atoms with Crippen LogP contribution in [0.5, 0.6) is 0 Å². The molecule has 1 heteroatoms. The van der Waals surface area contributed by atoms with Crippen molar-refractivity contribution in [2.75, 3.05) is 6.61 Å². The van der Waals surface area contributed by atoms with E-state index in [1.165, 1.54) is 5.56 Å². The minimum Gasteiger partial charge on any atom is -0.396 e. The molecule has 2 atom stereocenters. The van der Waals surface area contributed by atoms with Crippen molar-refractivity contribution in [1.29, 1.82) is 0 Å². The smallest absolute Gasteiger partial charge is 0.0456 e. The van der Waals surface area contributed by atoms with Gasteiger partial charge in [0, 0.05) is 6.61 Å². The second kappa shape index (κ2) is 5.03. The molecule has 0 saturated heterocycles. The Labute approximate surface area is 80.4 Å². The van der Waals surface area contributed by atoms with Gasteiger partial charge in [-0.1, -0.05) is 44.2 Å². The first-order chi connectivity index (χ1) is 6.24.